The molecule has 0 amide bonds. The normalized spacial score (nSPS) is 11.4. The monoisotopic (exact) mass is 535 g/mol. The lowest BCUT2D eigenvalue weighted by atomic mass is 10.2. The Morgan fingerprint density at radius 2 is 0.690 bits per heavy atom. The van der Waals surface area contributed by atoms with Crippen LogP contribution in [0.4, 0.5) is 0 Å². The first-order chi connectivity index (χ1) is 14.4. The van der Waals surface area contributed by atoms with Gasteiger partial charge >= 0.3 is 0 Å². The third-order valence-corrected chi connectivity index (χ3v) is 4.43. The van der Waals surface area contributed by atoms with Crippen LogP contribution in [0.2, 0.25) is 0 Å². The molecule has 0 saturated heterocycles. The van der Waals surface area contributed by atoms with Gasteiger partial charge in [0.15, 0.2) is 0 Å². The van der Waals surface area contributed by atoms with Crippen LogP contribution in [0.5, 0.6) is 0 Å². The smallest absolute Gasteiger partial charge is 0.0701 e. The van der Waals surface area contributed by atoms with Gasteiger partial charge in [-0.15, -0.1) is 0 Å². The van der Waals surface area contributed by atoms with Gasteiger partial charge in [0.05, 0.1) is 85.9 Å². The van der Waals surface area contributed by atoms with Crippen molar-refractivity contribution in [2.75, 3.05) is 103 Å². The van der Waals surface area contributed by atoms with E-state index in [-0.39, 0.29) is 0 Å². The molecular formula is C20H42INO7. The van der Waals surface area contributed by atoms with Gasteiger partial charge in [-0.2, -0.15) is 0 Å². The summed E-state index contributed by atoms with van der Waals surface area (Å²) in [5.74, 6) is 0. The largest absolute Gasteiger partial charge is 0.379 e. The summed E-state index contributed by atoms with van der Waals surface area (Å²) in [5, 5.41) is 0. The Hall–Kier alpha value is 0.410. The van der Waals surface area contributed by atoms with Crippen LogP contribution >= 0.6 is 22.6 Å². The minimum absolute atomic E-state index is 0.538. The summed E-state index contributed by atoms with van der Waals surface area (Å²) in [4.78, 5) is 0. The average molecular weight is 535 g/mol. The van der Waals surface area contributed by atoms with Crippen molar-refractivity contribution in [2.24, 2.45) is 5.73 Å². The van der Waals surface area contributed by atoms with Crippen LogP contribution in [0.15, 0.2) is 0 Å². The Labute approximate surface area is 190 Å². The quantitative estimate of drug-likeness (QED) is 0.102. The van der Waals surface area contributed by atoms with E-state index in [0.29, 0.717) is 92.4 Å². The molecule has 0 aromatic carbocycles. The van der Waals surface area contributed by atoms with Crippen LogP contribution in [0.25, 0.3) is 0 Å². The number of alkyl halides is 1. The first-order valence-corrected chi connectivity index (χ1v) is 12.2. The lowest BCUT2D eigenvalue weighted by Crippen LogP contribution is -2.15. The van der Waals surface area contributed by atoms with Crippen molar-refractivity contribution >= 4 is 22.6 Å². The molecule has 8 nitrogen and oxygen atoms in total. The third kappa shape index (κ3) is 28.4. The van der Waals surface area contributed by atoms with E-state index in [1.807, 2.05) is 0 Å². The molecule has 0 aliphatic rings. The van der Waals surface area contributed by atoms with Crippen molar-refractivity contribution in [2.45, 2.75) is 25.7 Å². The van der Waals surface area contributed by atoms with E-state index < -0.39 is 0 Å². The molecule has 0 saturated carbocycles. The van der Waals surface area contributed by atoms with Crippen LogP contribution < -0.4 is 5.73 Å². The summed E-state index contributed by atoms with van der Waals surface area (Å²) in [6.07, 6.45) is 5.01. The van der Waals surface area contributed by atoms with Crippen LogP contribution in [0.3, 0.4) is 0 Å². The van der Waals surface area contributed by atoms with Crippen molar-refractivity contribution in [3.05, 3.63) is 0 Å². The zero-order chi connectivity index (χ0) is 21.1. The summed E-state index contributed by atoms with van der Waals surface area (Å²) in [5.41, 5.74) is 5.31. The van der Waals surface area contributed by atoms with Crippen LogP contribution in [0.1, 0.15) is 25.7 Å². The van der Waals surface area contributed by atoms with Gasteiger partial charge in [0.2, 0.25) is 0 Å². The average Bonchev–Trinajstić information content (AvgIpc) is 2.74. The number of ether oxygens (including phenoxy) is 7. The Bertz CT molecular complexity index is 266. The predicted octanol–water partition coefficient (Wildman–Crippen LogP) is 2.06. The van der Waals surface area contributed by atoms with Gasteiger partial charge in [-0.05, 0) is 17.3 Å². The minimum atomic E-state index is 0.538. The van der Waals surface area contributed by atoms with Crippen molar-refractivity contribution in [1.82, 2.24) is 0 Å². The molecule has 29 heavy (non-hydrogen) atoms. The fraction of sp³-hybridized carbons (Fsp3) is 1.00. The summed E-state index contributed by atoms with van der Waals surface area (Å²) >= 11 is 2.42. The fourth-order valence-electron chi connectivity index (χ4n) is 2.16. The Morgan fingerprint density at radius 1 is 0.379 bits per heavy atom. The highest BCUT2D eigenvalue weighted by Gasteiger charge is 1.95. The van der Waals surface area contributed by atoms with Gasteiger partial charge in [0.1, 0.15) is 0 Å². The molecule has 0 atom stereocenters. The Morgan fingerprint density at radius 3 is 1.03 bits per heavy atom. The predicted molar refractivity (Wildman–Crippen MR) is 122 cm³/mol. The molecule has 0 unspecified atom stereocenters. The molecule has 2 N–H and O–H groups in total. The number of hydrogen-bond donors (Lipinski definition) is 1. The van der Waals surface area contributed by atoms with E-state index in [1.165, 1.54) is 23.7 Å². The molecular weight excluding hydrogens is 493 g/mol. The second kappa shape index (κ2) is 28.4. The number of nitrogens with two attached hydrogens (primary N) is 1. The number of hydrogen-bond acceptors (Lipinski definition) is 8. The summed E-state index contributed by atoms with van der Waals surface area (Å²) in [7, 11) is 0. The van der Waals surface area contributed by atoms with E-state index in [1.54, 1.807) is 0 Å². The maximum atomic E-state index is 5.53. The van der Waals surface area contributed by atoms with Gasteiger partial charge in [-0.1, -0.05) is 35.4 Å². The topological polar surface area (TPSA) is 90.6 Å². The lowest BCUT2D eigenvalue weighted by Gasteiger charge is -2.08. The highest BCUT2D eigenvalue weighted by atomic mass is 127. The number of unbranched alkanes of at least 4 members (excludes halogenated alkanes) is 3. The molecule has 0 aromatic heterocycles. The third-order valence-electron chi connectivity index (χ3n) is 3.67. The van der Waals surface area contributed by atoms with Crippen molar-refractivity contribution in [3.63, 3.8) is 0 Å². The lowest BCUT2D eigenvalue weighted by molar-refractivity contribution is -0.0203. The van der Waals surface area contributed by atoms with E-state index in [0.717, 1.165) is 13.0 Å². The first-order valence-electron chi connectivity index (χ1n) is 10.7. The minimum Gasteiger partial charge on any atom is -0.379 e. The maximum Gasteiger partial charge on any atom is 0.0701 e. The van der Waals surface area contributed by atoms with E-state index in [4.69, 9.17) is 38.9 Å². The molecule has 0 rings (SSSR count). The molecule has 9 heteroatoms. The SMILES string of the molecule is NCCOCCOCCOCCOCCOCCOCCOCCCCCCI. The summed E-state index contributed by atoms with van der Waals surface area (Å²) < 4.78 is 39.1. The highest BCUT2D eigenvalue weighted by Crippen LogP contribution is 2.02. The second-order valence-electron chi connectivity index (χ2n) is 6.18. The molecule has 0 radical (unpaired) electrons. The van der Waals surface area contributed by atoms with E-state index >= 15 is 0 Å². The molecule has 0 spiro atoms. The molecule has 0 aliphatic heterocycles. The molecule has 0 fully saturated rings. The van der Waals surface area contributed by atoms with Gasteiger partial charge in [0, 0.05) is 13.2 Å². The van der Waals surface area contributed by atoms with Crippen molar-refractivity contribution < 1.29 is 33.2 Å². The zero-order valence-electron chi connectivity index (χ0n) is 18.0. The van der Waals surface area contributed by atoms with Crippen molar-refractivity contribution in [1.29, 1.82) is 0 Å². The van der Waals surface area contributed by atoms with Crippen LogP contribution in [-0.2, 0) is 33.2 Å². The number of halogens is 1. The maximum absolute atomic E-state index is 5.53. The standard InChI is InChI=1S/C20H42INO7/c21-5-3-1-2-4-7-23-9-11-25-13-15-27-17-19-29-20-18-28-16-14-26-12-10-24-8-6-22/h1-20,22H2. The Kier molecular flexibility index (Phi) is 28.8. The molecule has 0 heterocycles. The van der Waals surface area contributed by atoms with Gasteiger partial charge in [-0.25, -0.2) is 0 Å². The molecule has 0 aromatic rings. The van der Waals surface area contributed by atoms with Gasteiger partial charge < -0.3 is 38.9 Å². The second-order valence-corrected chi connectivity index (χ2v) is 7.26. The van der Waals surface area contributed by atoms with Crippen LogP contribution in [0, 0.1) is 0 Å². The van der Waals surface area contributed by atoms with Crippen LogP contribution in [-0.4, -0.2) is 103 Å². The van der Waals surface area contributed by atoms with E-state index in [2.05, 4.69) is 22.6 Å². The Balaban J connectivity index is 2.97. The molecule has 0 bridgehead atoms. The van der Waals surface area contributed by atoms with E-state index in [9.17, 15) is 0 Å². The number of rotatable bonds is 26. The zero-order valence-corrected chi connectivity index (χ0v) is 20.1. The molecule has 0 aliphatic carbocycles. The summed E-state index contributed by atoms with van der Waals surface area (Å²) in [6.45, 7) is 8.82. The fourth-order valence-corrected chi connectivity index (χ4v) is 2.70. The first kappa shape index (κ1) is 29.4. The highest BCUT2D eigenvalue weighted by molar-refractivity contribution is 14.1. The van der Waals surface area contributed by atoms with Gasteiger partial charge in [-0.3, -0.25) is 0 Å². The van der Waals surface area contributed by atoms with Crippen molar-refractivity contribution in [3.8, 4) is 0 Å². The summed E-state index contributed by atoms with van der Waals surface area (Å²) in [6, 6.07) is 0. The van der Waals surface area contributed by atoms with Gasteiger partial charge in [0.25, 0.3) is 0 Å². The molecule has 176 valence electrons.